The van der Waals surface area contributed by atoms with Crippen molar-refractivity contribution in [2.75, 3.05) is 27.7 Å². The van der Waals surface area contributed by atoms with Crippen molar-refractivity contribution in [3.05, 3.63) is 0 Å². The minimum absolute atomic E-state index is 0. The molecule has 0 fully saturated rings. The first-order chi connectivity index (χ1) is 7.56. The molecule has 0 N–H and O–H groups in total. The Hall–Kier alpha value is 1.44. The zero-order valence-electron chi connectivity index (χ0n) is 14.6. The predicted molar refractivity (Wildman–Crippen MR) is 86.2 cm³/mol. The minimum Gasteiger partial charge on any atom is -1.00 e. The molecule has 18 heavy (non-hydrogen) atoms. The summed E-state index contributed by atoms with van der Waals surface area (Å²) in [6, 6.07) is 0. The maximum absolute atomic E-state index is 2.29. The van der Waals surface area contributed by atoms with Crippen molar-refractivity contribution in [2.45, 2.75) is 71.1 Å². The molecular formula is C15H36BrNNa+. The quantitative estimate of drug-likeness (QED) is 0.309. The van der Waals surface area contributed by atoms with Gasteiger partial charge in [0.25, 0.3) is 0 Å². The maximum atomic E-state index is 2.29. The van der Waals surface area contributed by atoms with Crippen LogP contribution in [0.25, 0.3) is 0 Å². The average Bonchev–Trinajstić information content (AvgIpc) is 2.19. The van der Waals surface area contributed by atoms with Gasteiger partial charge >= 0.3 is 29.6 Å². The molecule has 108 valence electrons. The van der Waals surface area contributed by atoms with Gasteiger partial charge in [-0.05, 0) is 12.8 Å². The molecule has 0 rings (SSSR count). The van der Waals surface area contributed by atoms with Gasteiger partial charge in [0.2, 0.25) is 0 Å². The molecule has 0 saturated carbocycles. The van der Waals surface area contributed by atoms with Crippen molar-refractivity contribution in [2.24, 2.45) is 0 Å². The fraction of sp³-hybridized carbons (Fsp3) is 1.00. The molecule has 0 amide bonds. The number of nitrogens with zero attached hydrogens (tertiary/aromatic N) is 1. The van der Waals surface area contributed by atoms with Crippen LogP contribution >= 0.6 is 17.0 Å². The van der Waals surface area contributed by atoms with E-state index >= 15 is 0 Å². The Labute approximate surface area is 150 Å². The fourth-order valence-corrected chi connectivity index (χ4v) is 2.07. The van der Waals surface area contributed by atoms with E-state index in [1.165, 1.54) is 70.8 Å². The molecule has 0 radical (unpaired) electrons. The second kappa shape index (κ2) is 16.5. The van der Waals surface area contributed by atoms with E-state index in [-0.39, 0.29) is 48.0 Å². The van der Waals surface area contributed by atoms with E-state index in [0.29, 0.717) is 0 Å². The summed E-state index contributed by atoms with van der Waals surface area (Å²) in [7, 11) is 6.86. The smallest absolute Gasteiger partial charge is 1.00 e. The Morgan fingerprint density at radius 2 is 1.00 bits per heavy atom. The van der Waals surface area contributed by atoms with Crippen LogP contribution in [0.3, 0.4) is 0 Å². The summed E-state index contributed by atoms with van der Waals surface area (Å²) in [4.78, 5) is 0. The van der Waals surface area contributed by atoms with Crippen LogP contribution in [0.2, 0.25) is 0 Å². The molecule has 1 nitrogen and oxygen atoms in total. The number of halogens is 1. The molecule has 0 aromatic rings. The largest absolute Gasteiger partial charge is 1.00 e. The molecule has 0 saturated heterocycles. The fourth-order valence-electron chi connectivity index (χ4n) is 2.07. The zero-order valence-corrected chi connectivity index (χ0v) is 17.3. The van der Waals surface area contributed by atoms with Crippen LogP contribution in [0.5, 0.6) is 0 Å². The Bertz CT molecular complexity index is 152. The van der Waals surface area contributed by atoms with Gasteiger partial charge in [-0.2, -0.15) is 0 Å². The number of unbranched alkanes of at least 4 members (excludes halogenated alkanes) is 9. The van der Waals surface area contributed by atoms with Crippen LogP contribution in [0.1, 0.15) is 72.6 Å². The summed E-state index contributed by atoms with van der Waals surface area (Å²) in [6.07, 6.45) is 14.4. The molecular weight excluding hydrogens is 297 g/mol. The van der Waals surface area contributed by atoms with E-state index in [2.05, 4.69) is 28.1 Å². The maximum Gasteiger partial charge on any atom is 1.00 e. The van der Waals surface area contributed by atoms with Crippen LogP contribution in [0.4, 0.5) is 0 Å². The second-order valence-electron chi connectivity index (χ2n) is 6.20. The van der Waals surface area contributed by atoms with Gasteiger partial charge in [-0.1, -0.05) is 58.3 Å². The van der Waals surface area contributed by atoms with E-state index in [9.17, 15) is 0 Å². The number of quaternary nitrogens is 1. The van der Waals surface area contributed by atoms with E-state index in [1.54, 1.807) is 0 Å². The average molecular weight is 333 g/mol. The monoisotopic (exact) mass is 332 g/mol. The number of hydrogen-bond acceptors (Lipinski definition) is 0. The Kier molecular flexibility index (Phi) is 22.4. The van der Waals surface area contributed by atoms with E-state index in [4.69, 9.17) is 0 Å². The molecule has 0 atom stereocenters. The van der Waals surface area contributed by atoms with Crippen LogP contribution in [-0.4, -0.2) is 32.2 Å². The van der Waals surface area contributed by atoms with Crippen LogP contribution in [-0.2, 0) is 0 Å². The molecule has 0 spiro atoms. The van der Waals surface area contributed by atoms with Crippen molar-refractivity contribution < 1.29 is 35.5 Å². The van der Waals surface area contributed by atoms with Gasteiger partial charge in [0.1, 0.15) is 0 Å². The van der Waals surface area contributed by atoms with Gasteiger partial charge in [-0.25, -0.2) is 0 Å². The first kappa shape index (κ1) is 24.5. The van der Waals surface area contributed by atoms with Gasteiger partial charge in [0.05, 0.1) is 27.7 Å². The van der Waals surface area contributed by atoms with Gasteiger partial charge in [-0.3, -0.25) is 0 Å². The second-order valence-corrected chi connectivity index (χ2v) is 6.20. The molecule has 0 aliphatic carbocycles. The van der Waals surface area contributed by atoms with Crippen LogP contribution < -0.4 is 29.6 Å². The van der Waals surface area contributed by atoms with Crippen molar-refractivity contribution in [3.8, 4) is 0 Å². The third-order valence-electron chi connectivity index (χ3n) is 3.18. The summed E-state index contributed by atoms with van der Waals surface area (Å²) in [5, 5.41) is 0. The zero-order chi connectivity index (χ0) is 12.3. The van der Waals surface area contributed by atoms with Crippen LogP contribution in [0, 0.1) is 0 Å². The van der Waals surface area contributed by atoms with Gasteiger partial charge < -0.3 is 5.91 Å². The van der Waals surface area contributed by atoms with Gasteiger partial charge in [0.15, 0.2) is 0 Å². The summed E-state index contributed by atoms with van der Waals surface area (Å²) in [5.41, 5.74) is 0. The molecule has 0 aliphatic heterocycles. The third-order valence-corrected chi connectivity index (χ3v) is 3.18. The molecule has 0 unspecified atom stereocenters. The predicted octanol–water partition coefficient (Wildman–Crippen LogP) is 2.31. The third kappa shape index (κ3) is 22.6. The summed E-state index contributed by atoms with van der Waals surface area (Å²) >= 11 is 0. The first-order valence-corrected chi connectivity index (χ1v) is 7.36. The molecule has 0 aromatic heterocycles. The van der Waals surface area contributed by atoms with Gasteiger partial charge in [0, 0.05) is 0 Å². The SMILES string of the molecule is Br.CCCCCCCCCCCC[N+](C)(C)C.[H-].[Na+]. The van der Waals surface area contributed by atoms with E-state index < -0.39 is 0 Å². The Morgan fingerprint density at radius 3 is 1.33 bits per heavy atom. The van der Waals surface area contributed by atoms with E-state index in [1.807, 2.05) is 0 Å². The number of rotatable bonds is 11. The van der Waals surface area contributed by atoms with Gasteiger partial charge in [-0.15, -0.1) is 17.0 Å². The Morgan fingerprint density at radius 1 is 0.667 bits per heavy atom. The van der Waals surface area contributed by atoms with Crippen molar-refractivity contribution in [3.63, 3.8) is 0 Å². The summed E-state index contributed by atoms with van der Waals surface area (Å²) < 4.78 is 1.12. The molecule has 0 bridgehead atoms. The number of hydrogen-bond donors (Lipinski definition) is 0. The van der Waals surface area contributed by atoms with Crippen molar-refractivity contribution in [1.29, 1.82) is 0 Å². The van der Waals surface area contributed by atoms with E-state index in [0.717, 1.165) is 4.48 Å². The van der Waals surface area contributed by atoms with Crippen LogP contribution in [0.15, 0.2) is 0 Å². The normalized spacial score (nSPS) is 10.7. The Balaban J connectivity index is -0.000000375. The summed E-state index contributed by atoms with van der Waals surface area (Å²) in [5.74, 6) is 0. The molecule has 0 heterocycles. The summed E-state index contributed by atoms with van der Waals surface area (Å²) in [6.45, 7) is 3.62. The standard InChI is InChI=1S/C15H34N.BrH.Na.H/c1-5-6-7-8-9-10-11-12-13-14-15-16(2,3)4;;;/h5-15H2,1-4H3;1H;;/q+1;;+1;-1. The first-order valence-electron chi connectivity index (χ1n) is 7.36. The van der Waals surface area contributed by atoms with Crippen molar-refractivity contribution in [1.82, 2.24) is 0 Å². The molecule has 3 heteroatoms. The minimum atomic E-state index is 0. The molecule has 0 aromatic carbocycles. The topological polar surface area (TPSA) is 0 Å². The van der Waals surface area contributed by atoms with Crippen molar-refractivity contribution >= 4 is 17.0 Å². The molecule has 0 aliphatic rings.